The van der Waals surface area contributed by atoms with Gasteiger partial charge < -0.3 is 10.0 Å². The number of carbonyl (C=O) groups is 2. The van der Waals surface area contributed by atoms with Crippen molar-refractivity contribution in [3.8, 4) is 0 Å². The van der Waals surface area contributed by atoms with Crippen LogP contribution in [-0.4, -0.2) is 60.8 Å². The van der Waals surface area contributed by atoms with E-state index in [0.29, 0.717) is 18.1 Å². The minimum atomic E-state index is -3.61. The molecule has 7 nitrogen and oxygen atoms in total. The van der Waals surface area contributed by atoms with Gasteiger partial charge in [-0.05, 0) is 30.2 Å². The van der Waals surface area contributed by atoms with Gasteiger partial charge in [0.2, 0.25) is 15.9 Å². The van der Waals surface area contributed by atoms with Gasteiger partial charge in [0.25, 0.3) is 0 Å². The highest BCUT2D eigenvalue weighted by Gasteiger charge is 2.30. The summed E-state index contributed by atoms with van der Waals surface area (Å²) in [5, 5.41) is 9.21. The van der Waals surface area contributed by atoms with Gasteiger partial charge in [-0.1, -0.05) is 18.5 Å². The minimum absolute atomic E-state index is 0.0589. The third kappa shape index (κ3) is 5.17. The van der Waals surface area contributed by atoms with E-state index in [1.165, 1.54) is 28.6 Å². The smallest absolute Gasteiger partial charge is 0.303 e. The summed E-state index contributed by atoms with van der Waals surface area (Å²) in [6.45, 7) is 2.73. The van der Waals surface area contributed by atoms with Gasteiger partial charge in [0.15, 0.2) is 0 Å². The summed E-state index contributed by atoms with van der Waals surface area (Å²) in [6, 6.07) is 5.97. The number of amides is 1. The number of carboxylic acid groups (broad SMARTS) is 1. The quantitative estimate of drug-likeness (QED) is 0.799. The van der Waals surface area contributed by atoms with Crippen molar-refractivity contribution in [1.29, 1.82) is 0 Å². The Balaban J connectivity index is 1.93. The monoisotopic (exact) mass is 388 g/mol. The Hall–Kier alpha value is -1.64. The molecule has 1 aromatic rings. The number of piperazine rings is 1. The molecule has 1 aliphatic rings. The van der Waals surface area contributed by atoms with Crippen molar-refractivity contribution < 1.29 is 23.1 Å². The van der Waals surface area contributed by atoms with E-state index in [1.807, 2.05) is 0 Å². The molecule has 1 aliphatic heterocycles. The molecule has 0 aromatic heterocycles. The number of benzene rings is 1. The minimum Gasteiger partial charge on any atom is -0.481 e. The fourth-order valence-electron chi connectivity index (χ4n) is 2.73. The predicted molar refractivity (Wildman–Crippen MR) is 92.8 cm³/mol. The molecule has 1 fully saturated rings. The molecule has 1 saturated heterocycles. The van der Waals surface area contributed by atoms with Crippen LogP contribution in [0.1, 0.15) is 19.8 Å². The molecule has 0 saturated carbocycles. The first-order valence-corrected chi connectivity index (χ1v) is 9.77. The molecule has 1 N–H and O–H groups in total. The number of hydrogen-bond donors (Lipinski definition) is 1. The van der Waals surface area contributed by atoms with Crippen LogP contribution in [0.15, 0.2) is 29.2 Å². The van der Waals surface area contributed by atoms with Crippen molar-refractivity contribution in [3.05, 3.63) is 29.3 Å². The Labute approximate surface area is 152 Å². The lowest BCUT2D eigenvalue weighted by Crippen LogP contribution is -2.50. The highest BCUT2D eigenvalue weighted by molar-refractivity contribution is 7.89. The Bertz CT molecular complexity index is 727. The topological polar surface area (TPSA) is 95.0 Å². The van der Waals surface area contributed by atoms with Crippen LogP contribution in [0.5, 0.6) is 0 Å². The molecule has 1 amide bonds. The molecule has 0 radical (unpaired) electrons. The lowest BCUT2D eigenvalue weighted by atomic mass is 10.0. The van der Waals surface area contributed by atoms with Crippen molar-refractivity contribution in [3.63, 3.8) is 0 Å². The molecule has 1 unspecified atom stereocenters. The van der Waals surface area contributed by atoms with Crippen molar-refractivity contribution in [1.82, 2.24) is 9.21 Å². The predicted octanol–water partition coefficient (Wildman–Crippen LogP) is 1.67. The van der Waals surface area contributed by atoms with Gasteiger partial charge in [0.1, 0.15) is 0 Å². The molecule has 9 heteroatoms. The van der Waals surface area contributed by atoms with Crippen LogP contribution in [0.3, 0.4) is 0 Å². The summed E-state index contributed by atoms with van der Waals surface area (Å²) in [5.74, 6) is -1.32. The first-order chi connectivity index (χ1) is 11.7. The van der Waals surface area contributed by atoms with Crippen molar-refractivity contribution in [2.45, 2.75) is 24.7 Å². The number of rotatable bonds is 6. The number of carboxylic acids is 1. The maximum absolute atomic E-state index is 12.6. The van der Waals surface area contributed by atoms with Crippen molar-refractivity contribution in [2.75, 3.05) is 26.2 Å². The van der Waals surface area contributed by atoms with E-state index in [2.05, 4.69) is 0 Å². The zero-order valence-electron chi connectivity index (χ0n) is 13.9. The summed E-state index contributed by atoms with van der Waals surface area (Å²) in [4.78, 5) is 24.6. The number of sulfonamides is 1. The van der Waals surface area contributed by atoms with E-state index in [1.54, 1.807) is 11.8 Å². The summed E-state index contributed by atoms with van der Waals surface area (Å²) in [7, 11) is -3.61. The molecule has 1 heterocycles. The van der Waals surface area contributed by atoms with E-state index in [4.69, 9.17) is 16.7 Å². The summed E-state index contributed by atoms with van der Waals surface area (Å²) < 4.78 is 26.5. The number of hydrogen-bond acceptors (Lipinski definition) is 4. The van der Waals surface area contributed by atoms with Crippen molar-refractivity contribution in [2.24, 2.45) is 5.92 Å². The van der Waals surface area contributed by atoms with Gasteiger partial charge >= 0.3 is 5.97 Å². The normalized spacial score (nSPS) is 17.3. The molecular formula is C16H21ClN2O5S. The second-order valence-corrected chi connectivity index (χ2v) is 8.52. The van der Waals surface area contributed by atoms with E-state index >= 15 is 0 Å². The van der Waals surface area contributed by atoms with Crippen LogP contribution >= 0.6 is 11.6 Å². The zero-order chi connectivity index (χ0) is 18.6. The third-order valence-electron chi connectivity index (χ3n) is 4.09. The maximum atomic E-state index is 12.6. The number of nitrogens with zero attached hydrogens (tertiary/aromatic N) is 2. The standard InChI is InChI=1S/C16H21ClN2O5S/c1-12(11-16(21)22)10-15(20)18-6-8-19(9-7-18)25(23,24)14-4-2-13(17)3-5-14/h2-5,12H,6-11H2,1H3,(H,21,22). The Morgan fingerprint density at radius 3 is 2.20 bits per heavy atom. The molecule has 1 atom stereocenters. The van der Waals surface area contributed by atoms with Crippen LogP contribution in [0.2, 0.25) is 5.02 Å². The van der Waals surface area contributed by atoms with Crippen LogP contribution in [0, 0.1) is 5.92 Å². The van der Waals surface area contributed by atoms with Crippen LogP contribution in [-0.2, 0) is 19.6 Å². The summed E-state index contributed by atoms with van der Waals surface area (Å²) >= 11 is 5.79. The van der Waals surface area contributed by atoms with Crippen LogP contribution in [0.25, 0.3) is 0 Å². The van der Waals surface area contributed by atoms with E-state index in [9.17, 15) is 18.0 Å². The average molecular weight is 389 g/mol. The molecule has 25 heavy (non-hydrogen) atoms. The SMILES string of the molecule is CC(CC(=O)O)CC(=O)N1CCN(S(=O)(=O)c2ccc(Cl)cc2)CC1. The van der Waals surface area contributed by atoms with Gasteiger partial charge in [-0.2, -0.15) is 4.31 Å². The second-order valence-electron chi connectivity index (χ2n) is 6.15. The third-order valence-corrected chi connectivity index (χ3v) is 6.25. The zero-order valence-corrected chi connectivity index (χ0v) is 15.5. The molecule has 0 spiro atoms. The number of halogens is 1. The largest absolute Gasteiger partial charge is 0.481 e. The van der Waals surface area contributed by atoms with Crippen molar-refractivity contribution >= 4 is 33.5 Å². The van der Waals surface area contributed by atoms with Gasteiger partial charge in [-0.25, -0.2) is 8.42 Å². The van der Waals surface area contributed by atoms with Gasteiger partial charge in [0, 0.05) is 44.0 Å². The molecular weight excluding hydrogens is 368 g/mol. The fourth-order valence-corrected chi connectivity index (χ4v) is 4.28. The van der Waals surface area contributed by atoms with Gasteiger partial charge in [-0.3, -0.25) is 9.59 Å². The van der Waals surface area contributed by atoms with E-state index in [-0.39, 0.29) is 42.7 Å². The fraction of sp³-hybridized carbons (Fsp3) is 0.500. The molecule has 138 valence electrons. The number of carbonyl (C=O) groups excluding carboxylic acids is 1. The Kier molecular flexibility index (Phi) is 6.42. The number of aliphatic carboxylic acids is 1. The van der Waals surface area contributed by atoms with Crippen LogP contribution < -0.4 is 0 Å². The highest BCUT2D eigenvalue weighted by atomic mass is 35.5. The lowest BCUT2D eigenvalue weighted by Gasteiger charge is -2.34. The van der Waals surface area contributed by atoms with Gasteiger partial charge in [-0.15, -0.1) is 0 Å². The molecule has 1 aromatic carbocycles. The first kappa shape index (κ1) is 19.7. The molecule has 0 bridgehead atoms. The Morgan fingerprint density at radius 1 is 1.12 bits per heavy atom. The lowest BCUT2D eigenvalue weighted by molar-refractivity contribution is -0.138. The highest BCUT2D eigenvalue weighted by Crippen LogP contribution is 2.20. The summed E-state index contributed by atoms with van der Waals surface area (Å²) in [6.07, 6.45) is 0.0902. The molecule has 0 aliphatic carbocycles. The van der Waals surface area contributed by atoms with Crippen LogP contribution in [0.4, 0.5) is 0 Å². The molecule has 2 rings (SSSR count). The Morgan fingerprint density at radius 2 is 1.68 bits per heavy atom. The van der Waals surface area contributed by atoms with E-state index in [0.717, 1.165) is 0 Å². The van der Waals surface area contributed by atoms with E-state index < -0.39 is 16.0 Å². The second kappa shape index (κ2) is 8.16. The first-order valence-electron chi connectivity index (χ1n) is 7.95. The maximum Gasteiger partial charge on any atom is 0.303 e. The average Bonchev–Trinajstić information content (AvgIpc) is 2.54. The van der Waals surface area contributed by atoms with Gasteiger partial charge in [0.05, 0.1) is 4.90 Å². The summed E-state index contributed by atoms with van der Waals surface area (Å²) in [5.41, 5.74) is 0.